The molecule has 0 saturated heterocycles. The van der Waals surface area contributed by atoms with Gasteiger partial charge in [-0.1, -0.05) is 15.9 Å². The molecule has 1 heterocycles. The van der Waals surface area contributed by atoms with Crippen LogP contribution in [-0.2, 0) is 6.18 Å². The Morgan fingerprint density at radius 2 is 2.12 bits per heavy atom. The van der Waals surface area contributed by atoms with Crippen LogP contribution in [0.25, 0.3) is 11.0 Å². The van der Waals surface area contributed by atoms with Crippen molar-refractivity contribution in [2.75, 3.05) is 11.9 Å². The van der Waals surface area contributed by atoms with E-state index in [0.29, 0.717) is 5.33 Å². The minimum atomic E-state index is -4.63. The van der Waals surface area contributed by atoms with Crippen LogP contribution in [0.5, 0.6) is 5.75 Å². The second kappa shape index (κ2) is 5.80. The van der Waals surface area contributed by atoms with Crippen LogP contribution in [0, 0.1) is 0 Å². The molecule has 2 N–H and O–H groups in total. The highest BCUT2D eigenvalue weighted by Crippen LogP contribution is 2.44. The maximum Gasteiger partial charge on any atom is 0.418 e. The Kier molecular flexibility index (Phi) is 4.19. The lowest BCUT2D eigenvalue weighted by atomic mass is 9.77. The smallest absolute Gasteiger partial charge is 0.418 e. The van der Waals surface area contributed by atoms with Gasteiger partial charge >= 0.3 is 11.9 Å². The number of aromatic nitrogens is 2. The number of aliphatic hydroxyl groups is 1. The molecule has 24 heavy (non-hydrogen) atoms. The summed E-state index contributed by atoms with van der Waals surface area (Å²) < 4.78 is 46.9. The zero-order chi connectivity index (χ0) is 17.7. The minimum Gasteiger partial charge on any atom is -0.493 e. The topological polar surface area (TPSA) is 67.2 Å². The number of rotatable bonds is 4. The van der Waals surface area contributed by atoms with Crippen molar-refractivity contribution in [3.63, 3.8) is 0 Å². The van der Waals surface area contributed by atoms with Gasteiger partial charge in [0, 0.05) is 17.4 Å². The first-order valence-corrected chi connectivity index (χ1v) is 8.51. The molecular formula is C15H16BrF3N2O3. The van der Waals surface area contributed by atoms with E-state index in [1.807, 2.05) is 0 Å². The summed E-state index contributed by atoms with van der Waals surface area (Å²) in [5.41, 5.74) is -2.61. The Morgan fingerprint density at radius 3 is 2.67 bits per heavy atom. The molecule has 1 aromatic carbocycles. The summed E-state index contributed by atoms with van der Waals surface area (Å²) in [7, 11) is 0. The zero-order valence-electron chi connectivity index (χ0n) is 12.8. The van der Waals surface area contributed by atoms with Crippen molar-refractivity contribution in [3.05, 3.63) is 28.2 Å². The van der Waals surface area contributed by atoms with E-state index in [1.54, 1.807) is 6.92 Å². The first-order chi connectivity index (χ1) is 11.1. The number of alkyl halides is 4. The SMILES string of the molecule is CC1(O)CC(n2c(=O)[nH]c3cc(OCCBr)cc(C(F)(F)F)c32)C1. The normalized spacial score (nSPS) is 24.2. The number of nitrogens with one attached hydrogen (secondary N) is 1. The molecule has 0 aliphatic heterocycles. The Morgan fingerprint density at radius 1 is 1.46 bits per heavy atom. The number of imidazole rings is 1. The molecule has 0 unspecified atom stereocenters. The number of hydrogen-bond acceptors (Lipinski definition) is 3. The van der Waals surface area contributed by atoms with Gasteiger partial charge in [-0.3, -0.25) is 4.57 Å². The molecule has 0 bridgehead atoms. The van der Waals surface area contributed by atoms with Crippen LogP contribution in [0.4, 0.5) is 13.2 Å². The van der Waals surface area contributed by atoms with Crippen LogP contribution >= 0.6 is 15.9 Å². The van der Waals surface area contributed by atoms with E-state index in [1.165, 1.54) is 6.07 Å². The number of H-pyrrole nitrogens is 1. The van der Waals surface area contributed by atoms with Crippen LogP contribution in [0.3, 0.4) is 0 Å². The Balaban J connectivity index is 2.16. The average Bonchev–Trinajstić information content (AvgIpc) is 2.75. The predicted molar refractivity (Wildman–Crippen MR) is 85.7 cm³/mol. The summed E-state index contributed by atoms with van der Waals surface area (Å²) in [5, 5.41) is 10.3. The number of ether oxygens (including phenoxy) is 1. The van der Waals surface area contributed by atoms with E-state index in [9.17, 15) is 23.1 Å². The third-order valence-electron chi connectivity index (χ3n) is 4.15. The summed E-state index contributed by atoms with van der Waals surface area (Å²) in [5.74, 6) is 0.0447. The van der Waals surface area contributed by atoms with E-state index in [0.717, 1.165) is 10.6 Å². The fourth-order valence-corrected chi connectivity index (χ4v) is 3.34. The Hall–Kier alpha value is -1.48. The first-order valence-electron chi connectivity index (χ1n) is 7.39. The van der Waals surface area contributed by atoms with Crippen LogP contribution in [0.1, 0.15) is 31.4 Å². The van der Waals surface area contributed by atoms with Gasteiger partial charge in [-0.05, 0) is 25.8 Å². The maximum atomic E-state index is 13.5. The monoisotopic (exact) mass is 408 g/mol. The molecule has 2 aromatic rings. The third-order valence-corrected chi connectivity index (χ3v) is 4.48. The molecule has 1 aromatic heterocycles. The van der Waals surface area contributed by atoms with E-state index in [-0.39, 0.29) is 36.2 Å². The van der Waals surface area contributed by atoms with Crippen molar-refractivity contribution >= 4 is 27.0 Å². The Labute approximate surface area is 143 Å². The molecule has 1 saturated carbocycles. The second-order valence-electron chi connectivity index (χ2n) is 6.26. The highest BCUT2D eigenvalue weighted by Gasteiger charge is 2.43. The fourth-order valence-electron chi connectivity index (χ4n) is 3.18. The number of fused-ring (bicyclic) bond motifs is 1. The van der Waals surface area contributed by atoms with Gasteiger partial charge in [0.2, 0.25) is 0 Å². The lowest BCUT2D eigenvalue weighted by molar-refractivity contribution is -0.136. The number of aromatic amines is 1. The van der Waals surface area contributed by atoms with Gasteiger partial charge in [-0.15, -0.1) is 0 Å². The van der Waals surface area contributed by atoms with Gasteiger partial charge < -0.3 is 14.8 Å². The molecule has 132 valence electrons. The molecule has 5 nitrogen and oxygen atoms in total. The number of halogens is 4. The van der Waals surface area contributed by atoms with Crippen molar-refractivity contribution in [3.8, 4) is 5.75 Å². The fraction of sp³-hybridized carbons (Fsp3) is 0.533. The van der Waals surface area contributed by atoms with E-state index >= 15 is 0 Å². The van der Waals surface area contributed by atoms with Gasteiger partial charge in [0.1, 0.15) is 5.75 Å². The van der Waals surface area contributed by atoms with Gasteiger partial charge in [-0.2, -0.15) is 13.2 Å². The highest BCUT2D eigenvalue weighted by atomic mass is 79.9. The highest BCUT2D eigenvalue weighted by molar-refractivity contribution is 9.09. The van der Waals surface area contributed by atoms with Crippen molar-refractivity contribution < 1.29 is 23.0 Å². The van der Waals surface area contributed by atoms with Gasteiger partial charge in [0.25, 0.3) is 0 Å². The molecule has 9 heteroatoms. The number of hydrogen-bond donors (Lipinski definition) is 2. The van der Waals surface area contributed by atoms with Gasteiger partial charge in [-0.25, -0.2) is 4.79 Å². The van der Waals surface area contributed by atoms with Crippen LogP contribution in [0.2, 0.25) is 0 Å². The molecule has 1 fully saturated rings. The van der Waals surface area contributed by atoms with Crippen molar-refractivity contribution in [2.24, 2.45) is 0 Å². The lowest BCUT2D eigenvalue weighted by Crippen LogP contribution is -2.44. The summed E-state index contributed by atoms with van der Waals surface area (Å²) >= 11 is 3.14. The number of nitrogens with zero attached hydrogens (tertiary/aromatic N) is 1. The predicted octanol–water partition coefficient (Wildman–Crippen LogP) is 3.21. The third kappa shape index (κ3) is 3.06. The van der Waals surface area contributed by atoms with Crippen molar-refractivity contribution in [1.82, 2.24) is 9.55 Å². The molecule has 0 radical (unpaired) electrons. The molecule has 1 aliphatic rings. The average molecular weight is 409 g/mol. The van der Waals surface area contributed by atoms with E-state index < -0.39 is 29.1 Å². The maximum absolute atomic E-state index is 13.5. The summed E-state index contributed by atoms with van der Waals surface area (Å²) in [6.07, 6.45) is -4.16. The second-order valence-corrected chi connectivity index (χ2v) is 7.05. The molecule has 1 aliphatic carbocycles. The van der Waals surface area contributed by atoms with E-state index in [2.05, 4.69) is 20.9 Å². The molecular weight excluding hydrogens is 393 g/mol. The van der Waals surface area contributed by atoms with Crippen molar-refractivity contribution in [2.45, 2.75) is 37.6 Å². The van der Waals surface area contributed by atoms with Crippen LogP contribution in [-0.4, -0.2) is 32.2 Å². The number of benzene rings is 1. The standard InChI is InChI=1S/C15H16BrF3N2O3/c1-14(23)6-8(7-14)21-12-10(15(17,18)19)4-9(24-3-2-16)5-11(12)20-13(21)22/h4-5,8,23H,2-3,6-7H2,1H3,(H,20,22). The molecule has 3 rings (SSSR count). The summed E-state index contributed by atoms with van der Waals surface area (Å²) in [6.45, 7) is 1.81. The minimum absolute atomic E-state index is 0.0447. The quantitative estimate of drug-likeness (QED) is 0.763. The van der Waals surface area contributed by atoms with Crippen LogP contribution < -0.4 is 10.4 Å². The first kappa shape index (κ1) is 17.3. The Bertz CT molecular complexity index is 818. The molecule has 0 spiro atoms. The van der Waals surface area contributed by atoms with E-state index in [4.69, 9.17) is 4.74 Å². The van der Waals surface area contributed by atoms with Crippen LogP contribution in [0.15, 0.2) is 16.9 Å². The van der Waals surface area contributed by atoms with Gasteiger partial charge in [0.15, 0.2) is 0 Å². The largest absolute Gasteiger partial charge is 0.493 e. The lowest BCUT2D eigenvalue weighted by Gasteiger charge is -2.41. The summed E-state index contributed by atoms with van der Waals surface area (Å²) in [4.78, 5) is 14.7. The molecule has 0 atom stereocenters. The molecule has 0 amide bonds. The zero-order valence-corrected chi connectivity index (χ0v) is 14.4. The van der Waals surface area contributed by atoms with Gasteiger partial charge in [0.05, 0.1) is 28.8 Å². The van der Waals surface area contributed by atoms with Crippen molar-refractivity contribution in [1.29, 1.82) is 0 Å². The summed E-state index contributed by atoms with van der Waals surface area (Å²) in [6, 6.07) is 1.84.